The molecule has 0 amide bonds. The molecule has 0 unspecified atom stereocenters. The lowest BCUT2D eigenvalue weighted by molar-refractivity contribution is -0.130. The predicted octanol–water partition coefficient (Wildman–Crippen LogP) is 2.39. The fourth-order valence-corrected chi connectivity index (χ4v) is 1.18. The molecule has 3 heteroatoms. The number of halogens is 1. The summed E-state index contributed by atoms with van der Waals surface area (Å²) in [4.78, 5) is 10.8. The van der Waals surface area contributed by atoms with E-state index in [1.807, 2.05) is 6.07 Å². The third-order valence-corrected chi connectivity index (χ3v) is 1.75. The highest BCUT2D eigenvalue weighted by Gasteiger charge is 2.07. The van der Waals surface area contributed by atoms with Crippen LogP contribution in [0.1, 0.15) is 5.56 Å². The van der Waals surface area contributed by atoms with Gasteiger partial charge in [0.25, 0.3) is 0 Å². The molecular weight excluding hydrogens is 188 g/mol. The van der Waals surface area contributed by atoms with Gasteiger partial charge in [-0.3, -0.25) is 0 Å². The Hall–Kier alpha value is -1.28. The number of rotatable bonds is 3. The minimum Gasteiger partial charge on any atom is -0.478 e. The van der Waals surface area contributed by atoms with Crippen molar-refractivity contribution in [3.8, 4) is 0 Å². The molecule has 0 radical (unpaired) electrons. The van der Waals surface area contributed by atoms with E-state index in [1.165, 1.54) is 6.08 Å². The highest BCUT2D eigenvalue weighted by Crippen LogP contribution is 2.13. The van der Waals surface area contributed by atoms with Crippen LogP contribution < -0.4 is 0 Å². The highest BCUT2D eigenvalue weighted by atomic mass is 35.5. The van der Waals surface area contributed by atoms with Crippen LogP contribution in [0.4, 0.5) is 0 Å². The summed E-state index contributed by atoms with van der Waals surface area (Å²) in [6.45, 7) is 0. The number of hydrogen-bond donors (Lipinski definition) is 1. The molecule has 0 aromatic heterocycles. The van der Waals surface area contributed by atoms with Gasteiger partial charge in [-0.15, -0.1) is 11.6 Å². The standard InChI is InChI=1S/C10H9ClO2/c11-7-6-9(10(12)13)8-4-2-1-3-5-8/h1-6H,7H2,(H,12,13). The Labute approximate surface area is 81.5 Å². The van der Waals surface area contributed by atoms with Crippen LogP contribution in [-0.2, 0) is 4.79 Å². The van der Waals surface area contributed by atoms with Gasteiger partial charge in [0.05, 0.1) is 5.57 Å². The number of alkyl halides is 1. The second kappa shape index (κ2) is 4.67. The number of allylic oxidation sites excluding steroid dienone is 1. The Morgan fingerprint density at radius 1 is 1.38 bits per heavy atom. The molecule has 0 aliphatic rings. The van der Waals surface area contributed by atoms with Gasteiger partial charge in [-0.2, -0.15) is 0 Å². The van der Waals surface area contributed by atoms with Crippen LogP contribution in [0.15, 0.2) is 36.4 Å². The summed E-state index contributed by atoms with van der Waals surface area (Å²) in [5.74, 6) is -0.747. The van der Waals surface area contributed by atoms with Crippen LogP contribution in [0.5, 0.6) is 0 Å². The Balaban J connectivity index is 3.03. The first-order chi connectivity index (χ1) is 6.25. The molecule has 0 fully saturated rings. The molecule has 13 heavy (non-hydrogen) atoms. The van der Waals surface area contributed by atoms with E-state index >= 15 is 0 Å². The van der Waals surface area contributed by atoms with E-state index < -0.39 is 5.97 Å². The van der Waals surface area contributed by atoms with E-state index in [1.54, 1.807) is 24.3 Å². The summed E-state index contributed by atoms with van der Waals surface area (Å²) in [5, 5.41) is 8.83. The zero-order chi connectivity index (χ0) is 9.68. The van der Waals surface area contributed by atoms with Crippen LogP contribution in [0.25, 0.3) is 5.57 Å². The molecule has 1 rings (SSSR count). The quantitative estimate of drug-likeness (QED) is 0.596. The van der Waals surface area contributed by atoms with E-state index in [-0.39, 0.29) is 11.5 Å². The number of carboxylic acid groups (broad SMARTS) is 1. The number of hydrogen-bond acceptors (Lipinski definition) is 1. The SMILES string of the molecule is O=C(O)C(=CCCl)c1ccccc1. The molecule has 1 N–H and O–H groups in total. The summed E-state index contributed by atoms with van der Waals surface area (Å²) in [6, 6.07) is 8.91. The first kappa shape index (κ1) is 9.81. The Kier molecular flexibility index (Phi) is 3.53. The predicted molar refractivity (Wildman–Crippen MR) is 52.8 cm³/mol. The maximum atomic E-state index is 10.8. The van der Waals surface area contributed by atoms with Crippen molar-refractivity contribution in [1.82, 2.24) is 0 Å². The van der Waals surface area contributed by atoms with Crippen molar-refractivity contribution in [2.75, 3.05) is 5.88 Å². The van der Waals surface area contributed by atoms with Crippen molar-refractivity contribution < 1.29 is 9.90 Å². The van der Waals surface area contributed by atoms with Crippen LogP contribution >= 0.6 is 11.6 Å². The van der Waals surface area contributed by atoms with Gasteiger partial charge in [0, 0.05) is 5.88 Å². The summed E-state index contributed by atoms with van der Waals surface area (Å²) >= 11 is 5.45. The van der Waals surface area contributed by atoms with Gasteiger partial charge in [-0.05, 0) is 5.56 Å². The Bertz CT molecular complexity index is 317. The number of carbonyl (C=O) groups is 1. The Morgan fingerprint density at radius 3 is 2.46 bits per heavy atom. The average Bonchev–Trinajstić information content (AvgIpc) is 2.15. The van der Waals surface area contributed by atoms with Crippen molar-refractivity contribution in [2.45, 2.75) is 0 Å². The summed E-state index contributed by atoms with van der Waals surface area (Å²) in [5.41, 5.74) is 0.922. The van der Waals surface area contributed by atoms with E-state index in [9.17, 15) is 4.79 Å². The van der Waals surface area contributed by atoms with Crippen LogP contribution in [0.2, 0.25) is 0 Å². The van der Waals surface area contributed by atoms with Crippen LogP contribution in [0, 0.1) is 0 Å². The monoisotopic (exact) mass is 196 g/mol. The number of benzene rings is 1. The minimum atomic E-state index is -0.952. The fraction of sp³-hybridized carbons (Fsp3) is 0.100. The fourth-order valence-electron chi connectivity index (χ4n) is 1.02. The highest BCUT2D eigenvalue weighted by molar-refractivity contribution is 6.22. The first-order valence-corrected chi connectivity index (χ1v) is 4.34. The smallest absolute Gasteiger partial charge is 0.336 e. The minimum absolute atomic E-state index is 0.205. The molecule has 1 aromatic carbocycles. The molecule has 0 saturated heterocycles. The zero-order valence-corrected chi connectivity index (χ0v) is 7.66. The van der Waals surface area contributed by atoms with E-state index in [0.717, 1.165) is 0 Å². The van der Waals surface area contributed by atoms with Gasteiger partial charge in [0.2, 0.25) is 0 Å². The molecule has 0 atom stereocenters. The van der Waals surface area contributed by atoms with E-state index in [4.69, 9.17) is 16.7 Å². The lowest BCUT2D eigenvalue weighted by Crippen LogP contribution is -1.99. The van der Waals surface area contributed by atoms with Gasteiger partial charge in [0.1, 0.15) is 0 Å². The van der Waals surface area contributed by atoms with Crippen LogP contribution in [-0.4, -0.2) is 17.0 Å². The lowest BCUT2D eigenvalue weighted by atomic mass is 10.1. The molecule has 2 nitrogen and oxygen atoms in total. The maximum Gasteiger partial charge on any atom is 0.336 e. The van der Waals surface area contributed by atoms with Gasteiger partial charge >= 0.3 is 5.97 Å². The lowest BCUT2D eigenvalue weighted by Gasteiger charge is -2.00. The van der Waals surface area contributed by atoms with Gasteiger partial charge in [0.15, 0.2) is 0 Å². The van der Waals surface area contributed by atoms with Crippen LogP contribution in [0.3, 0.4) is 0 Å². The first-order valence-electron chi connectivity index (χ1n) is 3.80. The summed E-state index contributed by atoms with van der Waals surface area (Å²) in [7, 11) is 0. The second-order valence-corrected chi connectivity index (χ2v) is 2.75. The van der Waals surface area contributed by atoms with Gasteiger partial charge in [-0.1, -0.05) is 36.4 Å². The second-order valence-electron chi connectivity index (χ2n) is 2.44. The van der Waals surface area contributed by atoms with Gasteiger partial charge in [-0.25, -0.2) is 4.79 Å². The molecule has 0 saturated carbocycles. The third-order valence-electron chi connectivity index (χ3n) is 1.60. The van der Waals surface area contributed by atoms with Crippen molar-refractivity contribution in [1.29, 1.82) is 0 Å². The van der Waals surface area contributed by atoms with Crippen molar-refractivity contribution in [3.63, 3.8) is 0 Å². The van der Waals surface area contributed by atoms with Crippen molar-refractivity contribution in [3.05, 3.63) is 42.0 Å². The Morgan fingerprint density at radius 2 is 2.00 bits per heavy atom. The third kappa shape index (κ3) is 2.60. The molecule has 68 valence electrons. The molecular formula is C10H9ClO2. The van der Waals surface area contributed by atoms with Crippen molar-refractivity contribution >= 4 is 23.1 Å². The number of carboxylic acids is 1. The van der Waals surface area contributed by atoms with Gasteiger partial charge < -0.3 is 5.11 Å². The molecule has 0 heterocycles. The normalized spacial score (nSPS) is 11.3. The average molecular weight is 197 g/mol. The largest absolute Gasteiger partial charge is 0.478 e. The molecule has 0 aliphatic carbocycles. The maximum absolute atomic E-state index is 10.8. The number of aliphatic carboxylic acids is 1. The van der Waals surface area contributed by atoms with Crippen molar-refractivity contribution in [2.24, 2.45) is 0 Å². The molecule has 0 aliphatic heterocycles. The molecule has 0 spiro atoms. The van der Waals surface area contributed by atoms with E-state index in [2.05, 4.69) is 0 Å². The summed E-state index contributed by atoms with van der Waals surface area (Å²) < 4.78 is 0. The summed E-state index contributed by atoms with van der Waals surface area (Å²) in [6.07, 6.45) is 1.49. The van der Waals surface area contributed by atoms with E-state index in [0.29, 0.717) is 5.56 Å². The molecule has 0 bridgehead atoms. The molecule has 1 aromatic rings. The topological polar surface area (TPSA) is 37.3 Å². The zero-order valence-electron chi connectivity index (χ0n) is 6.90.